The van der Waals surface area contributed by atoms with Crippen molar-refractivity contribution in [2.75, 3.05) is 31.6 Å². The Kier molecular flexibility index (Phi) is 7.59. The van der Waals surface area contributed by atoms with Gasteiger partial charge in [-0.1, -0.05) is 26.0 Å². The van der Waals surface area contributed by atoms with Crippen LogP contribution in [0.15, 0.2) is 24.3 Å². The van der Waals surface area contributed by atoms with Gasteiger partial charge in [-0.25, -0.2) is 0 Å². The molecule has 1 atom stereocenters. The summed E-state index contributed by atoms with van der Waals surface area (Å²) >= 11 is 6.39. The lowest BCUT2D eigenvalue weighted by Gasteiger charge is -2.22. The Morgan fingerprint density at radius 2 is 2.00 bits per heavy atom. The van der Waals surface area contributed by atoms with Gasteiger partial charge in [-0.3, -0.25) is 9.69 Å². The van der Waals surface area contributed by atoms with Crippen molar-refractivity contribution in [3.05, 3.63) is 29.8 Å². The van der Waals surface area contributed by atoms with Crippen LogP contribution in [0, 0.1) is 0 Å². The summed E-state index contributed by atoms with van der Waals surface area (Å²) in [5.41, 5.74) is 1.80. The second kappa shape index (κ2) is 8.95. The highest BCUT2D eigenvalue weighted by Crippen LogP contribution is 2.23. The third-order valence-electron chi connectivity index (χ3n) is 3.16. The molecule has 0 bridgehead atoms. The summed E-state index contributed by atoms with van der Waals surface area (Å²) in [5, 5.41) is 11.6. The van der Waals surface area contributed by atoms with Gasteiger partial charge in [0.05, 0.1) is 12.0 Å². The number of amides is 1. The van der Waals surface area contributed by atoms with Gasteiger partial charge < -0.3 is 10.4 Å². The molecule has 0 spiro atoms. The Hall–Kier alpha value is -1.10. The van der Waals surface area contributed by atoms with Gasteiger partial charge in [0.25, 0.3) is 0 Å². The van der Waals surface area contributed by atoms with Gasteiger partial charge in [-0.2, -0.15) is 0 Å². The summed E-state index contributed by atoms with van der Waals surface area (Å²) in [6, 6.07) is 7.58. The fraction of sp³-hybridized carbons (Fsp3) is 0.533. The number of hydrogen-bond donors (Lipinski definition) is 2. The molecule has 1 amide bonds. The molecule has 1 aromatic rings. The lowest BCUT2D eigenvalue weighted by atomic mass is 10.1. The molecular formula is C15H23ClN2O2. The lowest BCUT2D eigenvalue weighted by Crippen LogP contribution is -2.29. The minimum absolute atomic E-state index is 0.000257. The number of nitrogens with zero attached hydrogens (tertiary/aromatic N) is 1. The predicted octanol–water partition coefficient (Wildman–Crippen LogP) is 2.63. The quantitative estimate of drug-likeness (QED) is 0.726. The highest BCUT2D eigenvalue weighted by molar-refractivity contribution is 6.21. The minimum Gasteiger partial charge on any atom is -0.395 e. The van der Waals surface area contributed by atoms with E-state index in [0.29, 0.717) is 19.5 Å². The Morgan fingerprint density at radius 3 is 2.50 bits per heavy atom. The molecule has 20 heavy (non-hydrogen) atoms. The van der Waals surface area contributed by atoms with Gasteiger partial charge >= 0.3 is 0 Å². The number of halogens is 1. The van der Waals surface area contributed by atoms with E-state index in [2.05, 4.69) is 10.2 Å². The van der Waals surface area contributed by atoms with Crippen LogP contribution < -0.4 is 5.32 Å². The molecule has 0 saturated heterocycles. The molecule has 1 unspecified atom stereocenters. The zero-order valence-corrected chi connectivity index (χ0v) is 12.9. The van der Waals surface area contributed by atoms with Crippen LogP contribution in [0.3, 0.4) is 0 Å². The van der Waals surface area contributed by atoms with Crippen LogP contribution in [0.2, 0.25) is 0 Å². The molecule has 0 aromatic heterocycles. The average molecular weight is 299 g/mol. The van der Waals surface area contributed by atoms with Gasteiger partial charge in [0.15, 0.2) is 0 Å². The molecule has 5 heteroatoms. The molecule has 0 saturated carbocycles. The van der Waals surface area contributed by atoms with Gasteiger partial charge in [-0.05, 0) is 24.2 Å². The molecule has 2 N–H and O–H groups in total. The van der Waals surface area contributed by atoms with Crippen molar-refractivity contribution in [1.82, 2.24) is 4.90 Å². The van der Waals surface area contributed by atoms with E-state index in [1.165, 1.54) is 0 Å². The molecule has 112 valence electrons. The maximum Gasteiger partial charge on any atom is 0.224 e. The molecular weight excluding hydrogens is 276 g/mol. The largest absolute Gasteiger partial charge is 0.395 e. The zero-order valence-electron chi connectivity index (χ0n) is 12.1. The maximum absolute atomic E-state index is 11.3. The second-order valence-electron chi connectivity index (χ2n) is 4.61. The van der Waals surface area contributed by atoms with Gasteiger partial charge in [0, 0.05) is 25.2 Å². The lowest BCUT2D eigenvalue weighted by molar-refractivity contribution is -0.115. The Morgan fingerprint density at radius 1 is 1.35 bits per heavy atom. The van der Waals surface area contributed by atoms with E-state index in [1.54, 1.807) is 0 Å². The zero-order chi connectivity index (χ0) is 15.0. The van der Waals surface area contributed by atoms with Crippen LogP contribution in [0.5, 0.6) is 0 Å². The van der Waals surface area contributed by atoms with E-state index in [-0.39, 0.29) is 17.9 Å². The summed E-state index contributed by atoms with van der Waals surface area (Å²) in [5.74, 6) is 0.000257. The predicted molar refractivity (Wildman–Crippen MR) is 83.2 cm³/mol. The van der Waals surface area contributed by atoms with Gasteiger partial charge in [-0.15, -0.1) is 11.6 Å². The first-order valence-electron chi connectivity index (χ1n) is 6.97. The van der Waals surface area contributed by atoms with Crippen molar-refractivity contribution in [3.8, 4) is 0 Å². The summed E-state index contributed by atoms with van der Waals surface area (Å²) in [6.07, 6.45) is 0.465. The van der Waals surface area contributed by atoms with E-state index in [1.807, 2.05) is 38.1 Å². The van der Waals surface area contributed by atoms with Crippen molar-refractivity contribution in [3.63, 3.8) is 0 Å². The molecule has 0 fully saturated rings. The van der Waals surface area contributed by atoms with E-state index >= 15 is 0 Å². The van der Waals surface area contributed by atoms with E-state index < -0.39 is 0 Å². The topological polar surface area (TPSA) is 52.6 Å². The number of rotatable bonds is 8. The molecule has 1 aromatic carbocycles. The molecule has 0 aliphatic carbocycles. The van der Waals surface area contributed by atoms with Crippen LogP contribution in [0.1, 0.15) is 31.2 Å². The first-order chi connectivity index (χ1) is 9.60. The van der Waals surface area contributed by atoms with E-state index in [9.17, 15) is 4.79 Å². The molecule has 0 heterocycles. The van der Waals surface area contributed by atoms with Gasteiger partial charge in [0.2, 0.25) is 5.91 Å². The monoisotopic (exact) mass is 298 g/mol. The van der Waals surface area contributed by atoms with Crippen molar-refractivity contribution in [1.29, 1.82) is 0 Å². The van der Waals surface area contributed by atoms with Crippen molar-refractivity contribution < 1.29 is 9.90 Å². The summed E-state index contributed by atoms with van der Waals surface area (Å²) in [4.78, 5) is 13.4. The summed E-state index contributed by atoms with van der Waals surface area (Å²) in [6.45, 7) is 6.18. The minimum atomic E-state index is -0.127. The average Bonchev–Trinajstić information content (AvgIpc) is 2.47. The second-order valence-corrected chi connectivity index (χ2v) is 5.13. The molecule has 0 radical (unpaired) electrons. The first-order valence-corrected chi connectivity index (χ1v) is 7.41. The van der Waals surface area contributed by atoms with Crippen LogP contribution in [-0.2, 0) is 4.79 Å². The standard InChI is InChI=1S/C15H23ClN2O2/c1-3-15(20)17-13-7-5-12(6-8-13)14(16)11-18(4-2)9-10-19/h5-8,14,19H,3-4,9-11H2,1-2H3,(H,17,20). The first kappa shape index (κ1) is 17.0. The number of carbonyl (C=O) groups is 1. The maximum atomic E-state index is 11.3. The van der Waals surface area contributed by atoms with Crippen LogP contribution in [0.25, 0.3) is 0 Å². The van der Waals surface area contributed by atoms with Crippen LogP contribution in [0.4, 0.5) is 5.69 Å². The highest BCUT2D eigenvalue weighted by atomic mass is 35.5. The van der Waals surface area contributed by atoms with Crippen molar-refractivity contribution in [2.45, 2.75) is 25.6 Å². The van der Waals surface area contributed by atoms with Crippen LogP contribution >= 0.6 is 11.6 Å². The highest BCUT2D eigenvalue weighted by Gasteiger charge is 2.12. The Labute approximate surface area is 125 Å². The fourth-order valence-electron chi connectivity index (χ4n) is 1.88. The molecule has 1 rings (SSSR count). The van der Waals surface area contributed by atoms with Crippen molar-refractivity contribution in [2.24, 2.45) is 0 Å². The number of aliphatic hydroxyl groups is 1. The van der Waals surface area contributed by atoms with Crippen molar-refractivity contribution >= 4 is 23.2 Å². The molecule has 4 nitrogen and oxygen atoms in total. The number of benzene rings is 1. The molecule has 0 aliphatic heterocycles. The normalized spacial score (nSPS) is 12.4. The fourth-order valence-corrected chi connectivity index (χ4v) is 2.22. The third kappa shape index (κ3) is 5.49. The Balaban J connectivity index is 2.60. The number of anilines is 1. The number of carbonyl (C=O) groups excluding carboxylic acids is 1. The number of likely N-dealkylation sites (N-methyl/N-ethyl adjacent to an activating group) is 1. The Bertz CT molecular complexity index is 409. The summed E-state index contributed by atoms with van der Waals surface area (Å²) < 4.78 is 0. The van der Waals surface area contributed by atoms with E-state index in [0.717, 1.165) is 17.8 Å². The number of nitrogens with one attached hydrogen (secondary N) is 1. The number of alkyl halides is 1. The third-order valence-corrected chi connectivity index (χ3v) is 3.55. The van der Waals surface area contributed by atoms with Gasteiger partial charge in [0.1, 0.15) is 0 Å². The number of hydrogen-bond acceptors (Lipinski definition) is 3. The molecule has 0 aliphatic rings. The number of aliphatic hydroxyl groups excluding tert-OH is 1. The van der Waals surface area contributed by atoms with Crippen LogP contribution in [-0.4, -0.2) is 42.2 Å². The SMILES string of the molecule is CCC(=O)Nc1ccc(C(Cl)CN(CC)CCO)cc1. The van der Waals surface area contributed by atoms with E-state index in [4.69, 9.17) is 16.7 Å². The smallest absolute Gasteiger partial charge is 0.224 e. The summed E-state index contributed by atoms with van der Waals surface area (Å²) in [7, 11) is 0.